The number of rotatable bonds is 7. The predicted octanol–water partition coefficient (Wildman–Crippen LogP) is 6.74. The van der Waals surface area contributed by atoms with Gasteiger partial charge in [-0.05, 0) is 62.7 Å². The zero-order valence-electron chi connectivity index (χ0n) is 15.7. The molecular weight excluding hydrogens is 420 g/mol. The van der Waals surface area contributed by atoms with Crippen molar-refractivity contribution in [3.8, 4) is 5.75 Å². The van der Waals surface area contributed by atoms with Gasteiger partial charge < -0.3 is 9.30 Å². The van der Waals surface area contributed by atoms with Gasteiger partial charge in [0.1, 0.15) is 11.6 Å². The summed E-state index contributed by atoms with van der Waals surface area (Å²) in [5.74, 6) is 1.64. The quantitative estimate of drug-likeness (QED) is 0.382. The Morgan fingerprint density at radius 3 is 2.43 bits per heavy atom. The van der Waals surface area contributed by atoms with Gasteiger partial charge in [0.05, 0.1) is 0 Å². The van der Waals surface area contributed by atoms with E-state index in [2.05, 4.69) is 24.0 Å². The van der Waals surface area contributed by atoms with E-state index in [-0.39, 0.29) is 18.0 Å². The molecular formula is C20H20Cl2FN3OS. The first-order valence-corrected chi connectivity index (χ1v) is 10.5. The predicted molar refractivity (Wildman–Crippen MR) is 112 cm³/mol. The second-order valence-corrected chi connectivity index (χ2v) is 8.33. The van der Waals surface area contributed by atoms with Crippen molar-refractivity contribution in [2.24, 2.45) is 0 Å². The van der Waals surface area contributed by atoms with Crippen LogP contribution in [-0.4, -0.2) is 14.8 Å². The number of ether oxygens (including phenoxy) is 1. The van der Waals surface area contributed by atoms with E-state index in [9.17, 15) is 4.39 Å². The maximum absolute atomic E-state index is 13.1. The minimum absolute atomic E-state index is 0.146. The molecule has 8 heteroatoms. The molecule has 0 spiro atoms. The van der Waals surface area contributed by atoms with Crippen LogP contribution in [0.15, 0.2) is 47.6 Å². The zero-order chi connectivity index (χ0) is 20.3. The SMILES string of the molecule is CC(Oc1ccc(F)cc1)c1nnc(SCc2ccc(Cl)cc2Cl)n1C(C)C. The lowest BCUT2D eigenvalue weighted by Crippen LogP contribution is -2.14. The van der Waals surface area contributed by atoms with E-state index in [0.29, 0.717) is 27.4 Å². The van der Waals surface area contributed by atoms with Gasteiger partial charge in [-0.1, -0.05) is 41.0 Å². The summed E-state index contributed by atoms with van der Waals surface area (Å²) in [6, 6.07) is 11.5. The fourth-order valence-electron chi connectivity index (χ4n) is 2.70. The first-order chi connectivity index (χ1) is 13.3. The topological polar surface area (TPSA) is 39.9 Å². The Balaban J connectivity index is 1.78. The third kappa shape index (κ3) is 4.99. The zero-order valence-corrected chi connectivity index (χ0v) is 18.0. The lowest BCUT2D eigenvalue weighted by Gasteiger charge is -2.19. The molecule has 0 fully saturated rings. The second-order valence-electron chi connectivity index (χ2n) is 6.54. The van der Waals surface area contributed by atoms with Crippen LogP contribution < -0.4 is 4.74 Å². The van der Waals surface area contributed by atoms with E-state index in [1.807, 2.05) is 23.6 Å². The van der Waals surface area contributed by atoms with Crippen LogP contribution in [0.25, 0.3) is 0 Å². The third-order valence-electron chi connectivity index (χ3n) is 4.07. The Hall–Kier alpha value is -1.76. The molecule has 0 N–H and O–H groups in total. The maximum atomic E-state index is 13.1. The van der Waals surface area contributed by atoms with E-state index < -0.39 is 0 Å². The van der Waals surface area contributed by atoms with E-state index in [0.717, 1.165) is 10.7 Å². The van der Waals surface area contributed by atoms with Crippen LogP contribution in [-0.2, 0) is 5.75 Å². The highest BCUT2D eigenvalue weighted by molar-refractivity contribution is 7.98. The molecule has 148 valence electrons. The maximum Gasteiger partial charge on any atom is 0.191 e. The molecule has 2 aromatic carbocycles. The van der Waals surface area contributed by atoms with E-state index in [1.165, 1.54) is 12.1 Å². The Bertz CT molecular complexity index is 947. The summed E-state index contributed by atoms with van der Waals surface area (Å²) < 4.78 is 21.1. The van der Waals surface area contributed by atoms with Crippen molar-refractivity contribution in [3.05, 3.63) is 69.7 Å². The van der Waals surface area contributed by atoms with E-state index >= 15 is 0 Å². The van der Waals surface area contributed by atoms with Crippen LogP contribution >= 0.6 is 35.0 Å². The van der Waals surface area contributed by atoms with Crippen molar-refractivity contribution in [1.82, 2.24) is 14.8 Å². The van der Waals surface area contributed by atoms with Crippen molar-refractivity contribution >= 4 is 35.0 Å². The molecule has 3 aromatic rings. The number of hydrogen-bond donors (Lipinski definition) is 0. The summed E-state index contributed by atoms with van der Waals surface area (Å²) >= 11 is 13.8. The van der Waals surface area contributed by atoms with Gasteiger partial charge in [-0.2, -0.15) is 0 Å². The van der Waals surface area contributed by atoms with Crippen molar-refractivity contribution in [3.63, 3.8) is 0 Å². The molecule has 0 saturated heterocycles. The largest absolute Gasteiger partial charge is 0.483 e. The molecule has 1 atom stereocenters. The highest BCUT2D eigenvalue weighted by Crippen LogP contribution is 2.31. The first kappa shape index (κ1) is 21.0. The van der Waals surface area contributed by atoms with E-state index in [4.69, 9.17) is 27.9 Å². The standard InChI is InChI=1S/C20H20Cl2FN3OS/c1-12(2)26-19(13(3)27-17-8-6-16(23)7-9-17)24-25-20(26)28-11-14-4-5-15(21)10-18(14)22/h4-10,12-13H,11H2,1-3H3. The lowest BCUT2D eigenvalue weighted by molar-refractivity contribution is 0.207. The number of aromatic nitrogens is 3. The van der Waals surface area contributed by atoms with Gasteiger partial charge in [0, 0.05) is 21.8 Å². The van der Waals surface area contributed by atoms with Crippen LogP contribution in [0, 0.1) is 5.82 Å². The highest BCUT2D eigenvalue weighted by Gasteiger charge is 2.21. The van der Waals surface area contributed by atoms with Gasteiger partial charge in [0.15, 0.2) is 17.1 Å². The smallest absolute Gasteiger partial charge is 0.191 e. The molecule has 0 aliphatic carbocycles. The van der Waals surface area contributed by atoms with Gasteiger partial charge in [-0.3, -0.25) is 0 Å². The number of thioether (sulfide) groups is 1. The molecule has 0 saturated carbocycles. The third-order valence-corrected chi connectivity index (χ3v) is 5.65. The summed E-state index contributed by atoms with van der Waals surface area (Å²) in [6.45, 7) is 6.03. The Labute approximate surface area is 178 Å². The highest BCUT2D eigenvalue weighted by atomic mass is 35.5. The number of hydrogen-bond acceptors (Lipinski definition) is 4. The molecule has 0 aliphatic heterocycles. The molecule has 3 rings (SSSR count). The molecule has 1 aromatic heterocycles. The van der Waals surface area contributed by atoms with Crippen LogP contribution in [0.5, 0.6) is 5.75 Å². The fourth-order valence-corrected chi connectivity index (χ4v) is 4.33. The van der Waals surface area contributed by atoms with Gasteiger partial charge in [-0.15, -0.1) is 10.2 Å². The van der Waals surface area contributed by atoms with Gasteiger partial charge >= 0.3 is 0 Å². The minimum Gasteiger partial charge on any atom is -0.483 e. The molecule has 1 heterocycles. The minimum atomic E-state index is -0.339. The molecule has 0 bridgehead atoms. The summed E-state index contributed by atoms with van der Waals surface area (Å²) in [5, 5.41) is 10.7. The molecule has 0 amide bonds. The average Bonchev–Trinajstić information content (AvgIpc) is 3.07. The molecule has 1 unspecified atom stereocenters. The Kier molecular flexibility index (Phi) is 6.86. The average molecular weight is 440 g/mol. The summed E-state index contributed by atoms with van der Waals surface area (Å²) in [4.78, 5) is 0. The summed E-state index contributed by atoms with van der Waals surface area (Å²) in [5.41, 5.74) is 0.978. The fraction of sp³-hybridized carbons (Fsp3) is 0.300. The van der Waals surface area contributed by atoms with Gasteiger partial charge in [0.25, 0.3) is 0 Å². The second kappa shape index (κ2) is 9.16. The van der Waals surface area contributed by atoms with Crippen LogP contribution in [0.2, 0.25) is 10.0 Å². The van der Waals surface area contributed by atoms with Crippen molar-refractivity contribution in [2.45, 2.75) is 43.8 Å². The summed E-state index contributed by atoms with van der Waals surface area (Å²) in [7, 11) is 0. The van der Waals surface area contributed by atoms with Crippen LogP contribution in [0.1, 0.15) is 44.3 Å². The first-order valence-electron chi connectivity index (χ1n) is 8.79. The van der Waals surface area contributed by atoms with Crippen molar-refractivity contribution in [1.29, 1.82) is 0 Å². The number of benzene rings is 2. The number of nitrogens with zero attached hydrogens (tertiary/aromatic N) is 3. The van der Waals surface area contributed by atoms with Crippen LogP contribution in [0.3, 0.4) is 0 Å². The van der Waals surface area contributed by atoms with Crippen molar-refractivity contribution in [2.75, 3.05) is 0 Å². The van der Waals surface area contributed by atoms with E-state index in [1.54, 1.807) is 30.0 Å². The van der Waals surface area contributed by atoms with Gasteiger partial charge in [-0.25, -0.2) is 4.39 Å². The molecule has 28 heavy (non-hydrogen) atoms. The van der Waals surface area contributed by atoms with Crippen LogP contribution in [0.4, 0.5) is 4.39 Å². The van der Waals surface area contributed by atoms with Gasteiger partial charge in [0.2, 0.25) is 0 Å². The van der Waals surface area contributed by atoms with Crippen molar-refractivity contribution < 1.29 is 9.13 Å². The number of halogens is 3. The molecule has 0 radical (unpaired) electrons. The normalized spacial score (nSPS) is 12.4. The molecule has 0 aliphatic rings. The Morgan fingerprint density at radius 2 is 1.79 bits per heavy atom. The molecule has 4 nitrogen and oxygen atoms in total. The Morgan fingerprint density at radius 1 is 1.07 bits per heavy atom. The lowest BCUT2D eigenvalue weighted by atomic mass is 10.2. The summed E-state index contributed by atoms with van der Waals surface area (Å²) in [6.07, 6.45) is -0.339. The monoisotopic (exact) mass is 439 g/mol.